The quantitative estimate of drug-likeness (QED) is 0.630. The lowest BCUT2D eigenvalue weighted by Gasteiger charge is -2.37. The first-order chi connectivity index (χ1) is 14.5. The second kappa shape index (κ2) is 8.69. The monoisotopic (exact) mass is 407 g/mol. The van der Waals surface area contributed by atoms with Crippen LogP contribution < -0.4 is 4.90 Å². The van der Waals surface area contributed by atoms with Crippen molar-refractivity contribution in [1.82, 2.24) is 10.1 Å². The third-order valence-corrected chi connectivity index (χ3v) is 5.71. The molecule has 0 saturated carbocycles. The van der Waals surface area contributed by atoms with Gasteiger partial charge in [-0.15, -0.1) is 0 Å². The zero-order chi connectivity index (χ0) is 21.1. The van der Waals surface area contributed by atoms with Crippen molar-refractivity contribution < 1.29 is 13.7 Å². The summed E-state index contributed by atoms with van der Waals surface area (Å²) >= 11 is 0. The Bertz CT molecular complexity index is 1020. The molecule has 1 aliphatic rings. The SMILES string of the molecule is Cc1ccc(C)c(N2CCN(C(=O)CCc3conc3-c3ccc(F)cc3)CC2)c1. The van der Waals surface area contributed by atoms with Crippen LogP contribution in [0.25, 0.3) is 11.3 Å². The summed E-state index contributed by atoms with van der Waals surface area (Å²) in [5, 5.41) is 4.04. The highest BCUT2D eigenvalue weighted by Crippen LogP contribution is 2.25. The maximum Gasteiger partial charge on any atom is 0.223 e. The number of hydrogen-bond donors (Lipinski definition) is 0. The Morgan fingerprint density at radius 3 is 2.53 bits per heavy atom. The van der Waals surface area contributed by atoms with Crippen LogP contribution in [0.4, 0.5) is 10.1 Å². The summed E-state index contributed by atoms with van der Waals surface area (Å²) in [6, 6.07) is 12.6. The van der Waals surface area contributed by atoms with Gasteiger partial charge in [0, 0.05) is 49.4 Å². The summed E-state index contributed by atoms with van der Waals surface area (Å²) in [7, 11) is 0. The van der Waals surface area contributed by atoms with Crippen LogP contribution in [0, 0.1) is 19.7 Å². The van der Waals surface area contributed by atoms with E-state index in [0.29, 0.717) is 18.5 Å². The van der Waals surface area contributed by atoms with Crippen molar-refractivity contribution in [2.24, 2.45) is 0 Å². The minimum absolute atomic E-state index is 0.141. The van der Waals surface area contributed by atoms with Gasteiger partial charge >= 0.3 is 0 Å². The molecule has 0 aliphatic carbocycles. The molecule has 30 heavy (non-hydrogen) atoms. The van der Waals surface area contributed by atoms with E-state index < -0.39 is 0 Å². The number of carbonyl (C=O) groups is 1. The fourth-order valence-electron chi connectivity index (χ4n) is 3.94. The number of piperazine rings is 1. The molecule has 4 rings (SSSR count). The van der Waals surface area contributed by atoms with Crippen molar-refractivity contribution >= 4 is 11.6 Å². The van der Waals surface area contributed by atoms with E-state index in [1.165, 1.54) is 28.9 Å². The number of benzene rings is 2. The highest BCUT2D eigenvalue weighted by Gasteiger charge is 2.22. The van der Waals surface area contributed by atoms with Gasteiger partial charge in [0.15, 0.2) is 0 Å². The predicted octanol–water partition coefficient (Wildman–Crippen LogP) is 4.38. The third kappa shape index (κ3) is 4.37. The van der Waals surface area contributed by atoms with Gasteiger partial charge < -0.3 is 14.3 Å². The van der Waals surface area contributed by atoms with E-state index in [0.717, 1.165) is 37.3 Å². The Balaban J connectivity index is 1.34. The summed E-state index contributed by atoms with van der Waals surface area (Å²) in [6.45, 7) is 7.35. The van der Waals surface area contributed by atoms with Crippen molar-refractivity contribution in [3.8, 4) is 11.3 Å². The van der Waals surface area contributed by atoms with Crippen molar-refractivity contribution in [3.63, 3.8) is 0 Å². The maximum atomic E-state index is 13.2. The minimum Gasteiger partial charge on any atom is -0.368 e. The third-order valence-electron chi connectivity index (χ3n) is 5.71. The summed E-state index contributed by atoms with van der Waals surface area (Å²) in [5.74, 6) is -0.152. The maximum absolute atomic E-state index is 13.2. The molecule has 1 amide bonds. The Hall–Kier alpha value is -3.15. The van der Waals surface area contributed by atoms with Crippen molar-refractivity contribution in [2.45, 2.75) is 26.7 Å². The van der Waals surface area contributed by atoms with Crippen LogP contribution in [-0.4, -0.2) is 42.1 Å². The topological polar surface area (TPSA) is 49.6 Å². The number of nitrogens with zero attached hydrogens (tertiary/aromatic N) is 3. The molecule has 1 saturated heterocycles. The van der Waals surface area contributed by atoms with Crippen molar-refractivity contribution in [3.05, 3.63) is 71.2 Å². The summed E-state index contributed by atoms with van der Waals surface area (Å²) in [4.78, 5) is 17.1. The van der Waals surface area contributed by atoms with Crippen LogP contribution in [0.5, 0.6) is 0 Å². The first-order valence-electron chi connectivity index (χ1n) is 10.3. The smallest absolute Gasteiger partial charge is 0.223 e. The largest absolute Gasteiger partial charge is 0.368 e. The Morgan fingerprint density at radius 1 is 1.07 bits per heavy atom. The van der Waals surface area contributed by atoms with Crippen LogP contribution >= 0.6 is 0 Å². The molecular formula is C24H26FN3O2. The molecule has 156 valence electrons. The standard InChI is InChI=1S/C24H26FN3O2/c1-17-3-4-18(2)22(15-17)27-11-13-28(14-12-27)23(29)10-7-20-16-30-26-24(20)19-5-8-21(25)9-6-19/h3-6,8-9,15-16H,7,10-14H2,1-2H3. The molecule has 1 aliphatic heterocycles. The van der Waals surface area contributed by atoms with Crippen LogP contribution in [-0.2, 0) is 11.2 Å². The lowest BCUT2D eigenvalue weighted by Crippen LogP contribution is -2.49. The molecule has 0 bridgehead atoms. The molecule has 3 aromatic rings. The molecule has 0 spiro atoms. The molecule has 0 radical (unpaired) electrons. The van der Waals surface area contributed by atoms with Gasteiger partial charge in [0.2, 0.25) is 5.91 Å². The van der Waals surface area contributed by atoms with Gasteiger partial charge in [-0.05, 0) is 61.7 Å². The van der Waals surface area contributed by atoms with Crippen LogP contribution in [0.3, 0.4) is 0 Å². The predicted molar refractivity (Wildman–Crippen MR) is 115 cm³/mol. The summed E-state index contributed by atoms with van der Waals surface area (Å²) in [5.41, 5.74) is 6.10. The number of halogens is 1. The molecule has 2 heterocycles. The molecular weight excluding hydrogens is 381 g/mol. The number of aromatic nitrogens is 1. The Kier molecular flexibility index (Phi) is 5.84. The molecule has 2 aromatic carbocycles. The van der Waals surface area contributed by atoms with E-state index in [4.69, 9.17) is 4.52 Å². The summed E-state index contributed by atoms with van der Waals surface area (Å²) in [6.07, 6.45) is 2.52. The average Bonchev–Trinajstić information content (AvgIpc) is 3.23. The second-order valence-corrected chi connectivity index (χ2v) is 7.85. The lowest BCUT2D eigenvalue weighted by molar-refractivity contribution is -0.131. The number of aryl methyl sites for hydroxylation is 3. The Labute approximate surface area is 176 Å². The van der Waals surface area contributed by atoms with Gasteiger partial charge in [-0.3, -0.25) is 4.79 Å². The number of carbonyl (C=O) groups excluding carboxylic acids is 1. The van der Waals surface area contributed by atoms with Gasteiger partial charge in [-0.1, -0.05) is 17.3 Å². The summed E-state index contributed by atoms with van der Waals surface area (Å²) < 4.78 is 18.3. The van der Waals surface area contributed by atoms with Crippen molar-refractivity contribution in [1.29, 1.82) is 0 Å². The van der Waals surface area contributed by atoms with E-state index >= 15 is 0 Å². The molecule has 5 nitrogen and oxygen atoms in total. The van der Waals surface area contributed by atoms with E-state index in [-0.39, 0.29) is 11.7 Å². The van der Waals surface area contributed by atoms with E-state index in [1.54, 1.807) is 18.4 Å². The first kappa shape index (κ1) is 20.1. The fourth-order valence-corrected chi connectivity index (χ4v) is 3.94. The van der Waals surface area contributed by atoms with E-state index in [9.17, 15) is 9.18 Å². The van der Waals surface area contributed by atoms with Crippen LogP contribution in [0.2, 0.25) is 0 Å². The highest BCUT2D eigenvalue weighted by atomic mass is 19.1. The van der Waals surface area contributed by atoms with Gasteiger partial charge in [-0.2, -0.15) is 0 Å². The minimum atomic E-state index is -0.293. The van der Waals surface area contributed by atoms with Gasteiger partial charge in [0.1, 0.15) is 17.8 Å². The number of rotatable bonds is 5. The van der Waals surface area contributed by atoms with Gasteiger partial charge in [0.25, 0.3) is 0 Å². The normalized spacial score (nSPS) is 14.2. The van der Waals surface area contributed by atoms with Crippen molar-refractivity contribution in [2.75, 3.05) is 31.1 Å². The molecule has 1 fully saturated rings. The lowest BCUT2D eigenvalue weighted by atomic mass is 10.0. The van der Waals surface area contributed by atoms with Crippen LogP contribution in [0.15, 0.2) is 53.3 Å². The van der Waals surface area contributed by atoms with Gasteiger partial charge in [-0.25, -0.2) is 4.39 Å². The van der Waals surface area contributed by atoms with E-state index in [2.05, 4.69) is 42.1 Å². The second-order valence-electron chi connectivity index (χ2n) is 7.85. The zero-order valence-electron chi connectivity index (χ0n) is 17.4. The molecule has 0 N–H and O–H groups in total. The molecule has 0 atom stereocenters. The van der Waals surface area contributed by atoms with Crippen LogP contribution in [0.1, 0.15) is 23.1 Å². The van der Waals surface area contributed by atoms with E-state index in [1.807, 2.05) is 4.90 Å². The average molecular weight is 407 g/mol. The zero-order valence-corrected chi connectivity index (χ0v) is 17.4. The number of anilines is 1. The first-order valence-corrected chi connectivity index (χ1v) is 10.3. The Morgan fingerprint density at radius 2 is 1.80 bits per heavy atom. The number of hydrogen-bond acceptors (Lipinski definition) is 4. The fraction of sp³-hybridized carbons (Fsp3) is 0.333. The number of amides is 1. The molecule has 1 aromatic heterocycles. The highest BCUT2D eigenvalue weighted by molar-refractivity contribution is 5.77. The molecule has 0 unspecified atom stereocenters. The molecule has 6 heteroatoms. The van der Waals surface area contributed by atoms with Gasteiger partial charge in [0.05, 0.1) is 0 Å².